The Labute approximate surface area is 105 Å². The molecule has 2 fully saturated rings. The van der Waals surface area contributed by atoms with Gasteiger partial charge in [0.25, 0.3) is 5.91 Å². The number of aromatic nitrogens is 1. The van der Waals surface area contributed by atoms with Crippen LogP contribution in [0.1, 0.15) is 29.8 Å². The third kappa shape index (κ3) is 2.15. The fourth-order valence-electron chi connectivity index (χ4n) is 2.74. The highest BCUT2D eigenvalue weighted by molar-refractivity contribution is 6.30. The lowest BCUT2D eigenvalue weighted by Crippen LogP contribution is -2.43. The van der Waals surface area contributed by atoms with E-state index in [1.165, 1.54) is 12.6 Å². The number of pyridine rings is 1. The average molecular weight is 252 g/mol. The summed E-state index contributed by atoms with van der Waals surface area (Å²) in [6, 6.07) is 4.61. The second-order valence-corrected chi connectivity index (χ2v) is 5.16. The van der Waals surface area contributed by atoms with Gasteiger partial charge in [-0.1, -0.05) is 11.6 Å². The van der Waals surface area contributed by atoms with Crippen molar-refractivity contribution in [3.63, 3.8) is 0 Å². The Hall–Kier alpha value is -1.13. The second-order valence-electron chi connectivity index (χ2n) is 4.72. The molecule has 3 heterocycles. The monoisotopic (exact) mass is 251 g/mol. The van der Waals surface area contributed by atoms with E-state index in [-0.39, 0.29) is 11.9 Å². The standard InChI is InChI=1S/C12H14ClN3O/c13-7-1-3-10(14-6-7)12(17)16-11-5-8-2-4-9(11)15-8/h1,3,6,8-9,11,15H,2,4-5H2,(H,16,17). The van der Waals surface area contributed by atoms with Gasteiger partial charge in [-0.15, -0.1) is 0 Å². The Kier molecular flexibility index (Phi) is 2.76. The van der Waals surface area contributed by atoms with Crippen molar-refractivity contribution in [1.82, 2.24) is 15.6 Å². The van der Waals surface area contributed by atoms with Crippen molar-refractivity contribution in [3.8, 4) is 0 Å². The van der Waals surface area contributed by atoms with Gasteiger partial charge in [-0.2, -0.15) is 0 Å². The highest BCUT2D eigenvalue weighted by atomic mass is 35.5. The number of hydrogen-bond donors (Lipinski definition) is 2. The van der Waals surface area contributed by atoms with Gasteiger partial charge in [0.15, 0.2) is 0 Å². The smallest absolute Gasteiger partial charge is 0.270 e. The molecule has 90 valence electrons. The van der Waals surface area contributed by atoms with Crippen LogP contribution in [0.15, 0.2) is 18.3 Å². The van der Waals surface area contributed by atoms with Crippen molar-refractivity contribution < 1.29 is 4.79 Å². The largest absolute Gasteiger partial charge is 0.346 e. The quantitative estimate of drug-likeness (QED) is 0.835. The predicted octanol–water partition coefficient (Wildman–Crippen LogP) is 1.36. The van der Waals surface area contributed by atoms with Gasteiger partial charge >= 0.3 is 0 Å². The summed E-state index contributed by atoms with van der Waals surface area (Å²) in [6.07, 6.45) is 4.92. The van der Waals surface area contributed by atoms with Gasteiger partial charge in [0.2, 0.25) is 0 Å². The summed E-state index contributed by atoms with van der Waals surface area (Å²) < 4.78 is 0. The van der Waals surface area contributed by atoms with Crippen molar-refractivity contribution in [1.29, 1.82) is 0 Å². The SMILES string of the molecule is O=C(NC1CC2CCC1N2)c1ccc(Cl)cn1. The lowest BCUT2D eigenvalue weighted by Gasteiger charge is -2.21. The van der Waals surface area contributed by atoms with Gasteiger partial charge in [0.1, 0.15) is 5.69 Å². The molecule has 0 saturated carbocycles. The third-order valence-corrected chi connectivity index (χ3v) is 3.80. The number of nitrogens with one attached hydrogen (secondary N) is 2. The first kappa shape index (κ1) is 11.0. The maximum atomic E-state index is 11.9. The lowest BCUT2D eigenvalue weighted by molar-refractivity contribution is 0.0926. The molecule has 2 bridgehead atoms. The van der Waals surface area contributed by atoms with Gasteiger partial charge in [-0.25, -0.2) is 4.98 Å². The average Bonchev–Trinajstić information content (AvgIpc) is 2.91. The van der Waals surface area contributed by atoms with Crippen LogP contribution in [0.4, 0.5) is 0 Å². The number of amides is 1. The van der Waals surface area contributed by atoms with Crippen LogP contribution < -0.4 is 10.6 Å². The van der Waals surface area contributed by atoms with E-state index in [4.69, 9.17) is 11.6 Å². The molecule has 1 aromatic rings. The summed E-state index contributed by atoms with van der Waals surface area (Å²) >= 11 is 5.73. The van der Waals surface area contributed by atoms with Crippen molar-refractivity contribution in [3.05, 3.63) is 29.0 Å². The molecular weight excluding hydrogens is 238 g/mol. The van der Waals surface area contributed by atoms with Gasteiger partial charge in [-0.3, -0.25) is 4.79 Å². The van der Waals surface area contributed by atoms with Gasteiger partial charge < -0.3 is 10.6 Å². The molecule has 2 N–H and O–H groups in total. The van der Waals surface area contributed by atoms with Crippen LogP contribution in [0.5, 0.6) is 0 Å². The van der Waals surface area contributed by atoms with Crippen LogP contribution in [0.2, 0.25) is 5.02 Å². The molecule has 2 aliphatic heterocycles. The van der Waals surface area contributed by atoms with Crippen molar-refractivity contribution in [2.45, 2.75) is 37.4 Å². The summed E-state index contributed by atoms with van der Waals surface area (Å²) in [6.45, 7) is 0. The summed E-state index contributed by atoms with van der Waals surface area (Å²) in [5.41, 5.74) is 0.428. The van der Waals surface area contributed by atoms with E-state index in [1.807, 2.05) is 0 Å². The summed E-state index contributed by atoms with van der Waals surface area (Å²) in [5, 5.41) is 7.07. The van der Waals surface area contributed by atoms with Crippen LogP contribution >= 0.6 is 11.6 Å². The maximum Gasteiger partial charge on any atom is 0.270 e. The number of nitrogens with zero attached hydrogens (tertiary/aromatic N) is 1. The maximum absolute atomic E-state index is 11.9. The van der Waals surface area contributed by atoms with E-state index < -0.39 is 0 Å². The third-order valence-electron chi connectivity index (χ3n) is 3.58. The molecule has 3 atom stereocenters. The minimum absolute atomic E-state index is 0.110. The van der Waals surface area contributed by atoms with E-state index in [2.05, 4.69) is 15.6 Å². The number of halogens is 1. The predicted molar refractivity (Wildman–Crippen MR) is 65.1 cm³/mol. The molecule has 2 saturated heterocycles. The number of fused-ring (bicyclic) bond motifs is 2. The molecule has 0 radical (unpaired) electrons. The van der Waals surface area contributed by atoms with Gasteiger partial charge in [0.05, 0.1) is 5.02 Å². The van der Waals surface area contributed by atoms with Crippen LogP contribution in [0.3, 0.4) is 0 Å². The molecule has 5 heteroatoms. The van der Waals surface area contributed by atoms with E-state index in [9.17, 15) is 4.79 Å². The minimum atomic E-state index is -0.110. The highest BCUT2D eigenvalue weighted by Crippen LogP contribution is 2.28. The molecule has 1 aromatic heterocycles. The highest BCUT2D eigenvalue weighted by Gasteiger charge is 2.39. The molecular formula is C12H14ClN3O. The zero-order valence-electron chi connectivity index (χ0n) is 9.32. The Morgan fingerprint density at radius 2 is 2.35 bits per heavy atom. The summed E-state index contributed by atoms with van der Waals surface area (Å²) in [7, 11) is 0. The van der Waals surface area contributed by atoms with E-state index >= 15 is 0 Å². The molecule has 3 unspecified atom stereocenters. The van der Waals surface area contributed by atoms with Gasteiger partial charge in [0, 0.05) is 24.3 Å². The lowest BCUT2D eigenvalue weighted by atomic mass is 9.95. The molecule has 17 heavy (non-hydrogen) atoms. The molecule has 2 aliphatic rings. The first-order valence-corrected chi connectivity index (χ1v) is 6.28. The zero-order valence-corrected chi connectivity index (χ0v) is 10.1. The Bertz CT molecular complexity index is 434. The Balaban J connectivity index is 1.65. The van der Waals surface area contributed by atoms with Crippen LogP contribution in [-0.2, 0) is 0 Å². The minimum Gasteiger partial charge on any atom is -0.346 e. The zero-order chi connectivity index (χ0) is 11.8. The first-order valence-electron chi connectivity index (χ1n) is 5.91. The summed E-state index contributed by atoms with van der Waals surface area (Å²) in [5.74, 6) is -0.110. The van der Waals surface area contributed by atoms with Crippen LogP contribution in [0.25, 0.3) is 0 Å². The van der Waals surface area contributed by atoms with Crippen LogP contribution in [-0.4, -0.2) is 29.0 Å². The fourth-order valence-corrected chi connectivity index (χ4v) is 2.85. The molecule has 1 amide bonds. The number of carbonyl (C=O) groups is 1. The topological polar surface area (TPSA) is 54.0 Å². The van der Waals surface area contributed by atoms with Crippen LogP contribution in [0, 0.1) is 0 Å². The number of rotatable bonds is 2. The van der Waals surface area contributed by atoms with E-state index in [0.29, 0.717) is 22.8 Å². The number of hydrogen-bond acceptors (Lipinski definition) is 3. The van der Waals surface area contributed by atoms with Crippen molar-refractivity contribution in [2.75, 3.05) is 0 Å². The first-order chi connectivity index (χ1) is 8.22. The van der Waals surface area contributed by atoms with Gasteiger partial charge in [-0.05, 0) is 31.4 Å². The molecule has 0 aliphatic carbocycles. The van der Waals surface area contributed by atoms with Crippen molar-refractivity contribution >= 4 is 17.5 Å². The van der Waals surface area contributed by atoms with E-state index in [0.717, 1.165) is 12.8 Å². The molecule has 3 rings (SSSR count). The van der Waals surface area contributed by atoms with E-state index in [1.54, 1.807) is 12.1 Å². The number of carbonyl (C=O) groups excluding carboxylic acids is 1. The Morgan fingerprint density at radius 3 is 2.94 bits per heavy atom. The summed E-state index contributed by atoms with van der Waals surface area (Å²) in [4.78, 5) is 16.0. The molecule has 0 aromatic carbocycles. The Morgan fingerprint density at radius 1 is 1.47 bits per heavy atom. The van der Waals surface area contributed by atoms with Crippen molar-refractivity contribution in [2.24, 2.45) is 0 Å². The normalized spacial score (nSPS) is 30.5. The molecule has 4 nitrogen and oxygen atoms in total. The molecule has 0 spiro atoms. The second kappa shape index (κ2) is 4.27. The fraction of sp³-hybridized carbons (Fsp3) is 0.500.